The second-order valence-electron chi connectivity index (χ2n) is 12.1. The molecule has 6 nitrogen and oxygen atoms in total. The van der Waals surface area contributed by atoms with Gasteiger partial charge in [0.2, 0.25) is 0 Å². The number of likely N-dealkylation sites (tertiary alicyclic amines) is 1. The molecule has 222 valence electrons. The van der Waals surface area contributed by atoms with Crippen LogP contribution in [0.1, 0.15) is 98.3 Å². The zero-order valence-corrected chi connectivity index (χ0v) is 28.8. The lowest BCUT2D eigenvalue weighted by molar-refractivity contribution is 0.0214. The molecule has 1 aromatic heterocycles. The lowest BCUT2D eigenvalue weighted by atomic mass is 10.1. The van der Waals surface area contributed by atoms with Crippen LogP contribution in [-0.4, -0.2) is 57.5 Å². The van der Waals surface area contributed by atoms with Crippen molar-refractivity contribution in [1.82, 2.24) is 14.9 Å². The molecule has 40 heavy (non-hydrogen) atoms. The molecule has 0 spiro atoms. The first-order chi connectivity index (χ1) is 19.1. The maximum atomic E-state index is 15.4. The third-order valence-corrected chi connectivity index (χ3v) is 11.0. The number of piperazine rings is 1. The van der Waals surface area contributed by atoms with Crippen molar-refractivity contribution >= 4 is 73.1 Å². The minimum absolute atomic E-state index is 0.0620. The van der Waals surface area contributed by atoms with Gasteiger partial charge in [-0.2, -0.15) is 0 Å². The standard InChI is InChI=1S/C30H43BrFIN4O2S/c1-5-6-7-8-9-10-11-12-13-14-15-40-28-34-26-22(17-23(33)24(31)25(26)32)27(35-28)36-18-21-16-20(36)19-37(21)29(38)39-30(2,3)4/h17,20-21H,5-16,18-19H2,1-4H3/t20-,21-/m0/s1. The number of amides is 1. The highest BCUT2D eigenvalue weighted by Gasteiger charge is 2.47. The molecule has 2 aliphatic heterocycles. The number of carbonyl (C=O) groups is 1. The highest BCUT2D eigenvalue weighted by Crippen LogP contribution is 2.40. The van der Waals surface area contributed by atoms with Crippen LogP contribution in [0.25, 0.3) is 10.9 Å². The number of carbonyl (C=O) groups excluding carboxylic acids is 1. The molecule has 2 aliphatic rings. The van der Waals surface area contributed by atoms with Crippen molar-refractivity contribution in [1.29, 1.82) is 0 Å². The number of benzene rings is 1. The number of halogens is 3. The molecule has 0 saturated carbocycles. The Bertz CT molecular complexity index is 1180. The normalized spacial score (nSPS) is 18.8. The van der Waals surface area contributed by atoms with Gasteiger partial charge >= 0.3 is 6.09 Å². The Labute approximate surface area is 265 Å². The smallest absolute Gasteiger partial charge is 0.410 e. The van der Waals surface area contributed by atoms with Crippen molar-refractivity contribution in [3.63, 3.8) is 0 Å². The Morgan fingerprint density at radius 2 is 1.73 bits per heavy atom. The van der Waals surface area contributed by atoms with E-state index < -0.39 is 5.60 Å². The fourth-order valence-corrected chi connectivity index (χ4v) is 7.33. The van der Waals surface area contributed by atoms with Gasteiger partial charge in [0.1, 0.15) is 16.9 Å². The molecule has 2 aromatic rings. The van der Waals surface area contributed by atoms with Gasteiger partial charge in [0.05, 0.1) is 16.6 Å². The van der Waals surface area contributed by atoms with E-state index in [-0.39, 0.29) is 24.0 Å². The van der Waals surface area contributed by atoms with Gasteiger partial charge in [0.15, 0.2) is 11.0 Å². The van der Waals surface area contributed by atoms with E-state index in [4.69, 9.17) is 9.72 Å². The van der Waals surface area contributed by atoms with E-state index in [9.17, 15) is 4.79 Å². The summed E-state index contributed by atoms with van der Waals surface area (Å²) in [6.07, 6.45) is 13.6. The fraction of sp³-hybridized carbons (Fsp3) is 0.700. The topological polar surface area (TPSA) is 58.6 Å². The predicted molar refractivity (Wildman–Crippen MR) is 175 cm³/mol. The predicted octanol–water partition coefficient (Wildman–Crippen LogP) is 9.35. The lowest BCUT2D eigenvalue weighted by Crippen LogP contribution is -2.50. The summed E-state index contributed by atoms with van der Waals surface area (Å²) in [4.78, 5) is 26.5. The maximum absolute atomic E-state index is 15.4. The van der Waals surface area contributed by atoms with Gasteiger partial charge in [0.25, 0.3) is 0 Å². The summed E-state index contributed by atoms with van der Waals surface area (Å²) in [6, 6.07) is 2.15. The van der Waals surface area contributed by atoms with Gasteiger partial charge in [-0.15, -0.1) is 0 Å². The second kappa shape index (κ2) is 14.5. The number of fused-ring (bicyclic) bond motifs is 3. The highest BCUT2D eigenvalue weighted by atomic mass is 127. The van der Waals surface area contributed by atoms with E-state index >= 15 is 4.39 Å². The van der Waals surface area contributed by atoms with Crippen molar-refractivity contribution < 1.29 is 13.9 Å². The van der Waals surface area contributed by atoms with Crippen LogP contribution < -0.4 is 4.90 Å². The highest BCUT2D eigenvalue weighted by molar-refractivity contribution is 14.1. The molecule has 3 heterocycles. The summed E-state index contributed by atoms with van der Waals surface area (Å²) in [5.74, 6) is 1.36. The molecule has 2 bridgehead atoms. The quantitative estimate of drug-likeness (QED) is 0.0670. The first-order valence-electron chi connectivity index (χ1n) is 14.8. The van der Waals surface area contributed by atoms with Crippen molar-refractivity contribution in [2.24, 2.45) is 0 Å². The number of anilines is 1. The van der Waals surface area contributed by atoms with Crippen LogP contribution in [0.2, 0.25) is 0 Å². The molecule has 1 aromatic carbocycles. The SMILES string of the molecule is CCCCCCCCCCCCSc1nc(N2C[C@@H]3C[C@H]2CN3C(=O)OC(C)(C)C)c2cc(I)c(Br)c(F)c2n1. The molecular formula is C30H43BrFIN4O2S. The Morgan fingerprint density at radius 3 is 2.33 bits per heavy atom. The van der Waals surface area contributed by atoms with Gasteiger partial charge < -0.3 is 14.5 Å². The van der Waals surface area contributed by atoms with Gasteiger partial charge in [0, 0.05) is 27.8 Å². The number of aromatic nitrogens is 2. The van der Waals surface area contributed by atoms with Crippen LogP contribution in [-0.2, 0) is 4.74 Å². The summed E-state index contributed by atoms with van der Waals surface area (Å²) in [5.41, 5.74) is -0.168. The van der Waals surface area contributed by atoms with E-state index in [0.29, 0.717) is 28.2 Å². The Hall–Kier alpha value is -0.880. The summed E-state index contributed by atoms with van der Waals surface area (Å²) in [5, 5.41) is 1.35. The van der Waals surface area contributed by atoms with E-state index in [2.05, 4.69) is 55.3 Å². The number of hydrogen-bond acceptors (Lipinski definition) is 6. The minimum Gasteiger partial charge on any atom is -0.444 e. The number of unbranched alkanes of at least 4 members (excludes halogenated alkanes) is 9. The van der Waals surface area contributed by atoms with Crippen molar-refractivity contribution in [3.05, 3.63) is 19.9 Å². The molecule has 2 fully saturated rings. The second-order valence-corrected chi connectivity index (χ2v) is 15.1. The molecule has 0 N–H and O–H groups in total. The van der Waals surface area contributed by atoms with Crippen LogP contribution in [0.15, 0.2) is 15.7 Å². The number of nitrogens with zero attached hydrogens (tertiary/aromatic N) is 4. The van der Waals surface area contributed by atoms with Gasteiger partial charge in [-0.25, -0.2) is 19.2 Å². The molecule has 0 unspecified atom stereocenters. The van der Waals surface area contributed by atoms with Crippen molar-refractivity contribution in [3.8, 4) is 0 Å². The van der Waals surface area contributed by atoms with Gasteiger partial charge in [-0.1, -0.05) is 76.5 Å². The summed E-state index contributed by atoms with van der Waals surface area (Å²) < 4.78 is 22.3. The number of rotatable bonds is 13. The zero-order valence-electron chi connectivity index (χ0n) is 24.3. The summed E-state index contributed by atoms with van der Waals surface area (Å²) >= 11 is 7.17. The third-order valence-electron chi connectivity index (χ3n) is 7.66. The van der Waals surface area contributed by atoms with Crippen LogP contribution in [0.5, 0.6) is 0 Å². The largest absolute Gasteiger partial charge is 0.444 e. The van der Waals surface area contributed by atoms with Crippen molar-refractivity contribution in [2.45, 2.75) is 121 Å². The molecule has 2 atom stereocenters. The average molecular weight is 750 g/mol. The Balaban J connectivity index is 1.40. The third kappa shape index (κ3) is 8.14. The first-order valence-corrected chi connectivity index (χ1v) is 17.7. The maximum Gasteiger partial charge on any atom is 0.410 e. The summed E-state index contributed by atoms with van der Waals surface area (Å²) in [7, 11) is 0. The van der Waals surface area contributed by atoms with Crippen LogP contribution in [0.4, 0.5) is 15.0 Å². The van der Waals surface area contributed by atoms with Crippen LogP contribution >= 0.6 is 50.3 Å². The average Bonchev–Trinajstić information content (AvgIpc) is 3.51. The van der Waals surface area contributed by atoms with E-state index in [1.807, 2.05) is 31.7 Å². The van der Waals surface area contributed by atoms with Gasteiger partial charge in [-0.05, 0) is 78.2 Å². The van der Waals surface area contributed by atoms with Crippen molar-refractivity contribution in [2.75, 3.05) is 23.7 Å². The number of thioether (sulfide) groups is 1. The molecular weight excluding hydrogens is 706 g/mol. The molecule has 2 saturated heterocycles. The van der Waals surface area contributed by atoms with E-state index in [0.717, 1.165) is 33.4 Å². The van der Waals surface area contributed by atoms with Crippen LogP contribution in [0, 0.1) is 9.39 Å². The molecule has 0 aliphatic carbocycles. The fourth-order valence-electron chi connectivity index (χ4n) is 5.64. The lowest BCUT2D eigenvalue weighted by Gasteiger charge is -2.36. The first kappa shape index (κ1) is 32.0. The van der Waals surface area contributed by atoms with Gasteiger partial charge in [-0.3, -0.25) is 0 Å². The number of hydrogen-bond donors (Lipinski definition) is 0. The molecule has 10 heteroatoms. The number of ether oxygens (including phenoxy) is 1. The zero-order chi connectivity index (χ0) is 28.9. The molecule has 0 radical (unpaired) electrons. The monoisotopic (exact) mass is 748 g/mol. The molecule has 4 rings (SSSR count). The van der Waals surface area contributed by atoms with Crippen LogP contribution in [0.3, 0.4) is 0 Å². The van der Waals surface area contributed by atoms with E-state index in [1.165, 1.54) is 57.8 Å². The summed E-state index contributed by atoms with van der Waals surface area (Å²) in [6.45, 7) is 9.18. The Morgan fingerprint density at radius 1 is 1.07 bits per heavy atom. The van der Waals surface area contributed by atoms with E-state index in [1.54, 1.807) is 11.8 Å². The molecule has 1 amide bonds. The Kier molecular flexibility index (Phi) is 11.6. The minimum atomic E-state index is -0.524.